The van der Waals surface area contributed by atoms with Gasteiger partial charge >= 0.3 is 0 Å². The molecule has 0 N–H and O–H groups in total. The third-order valence-corrected chi connectivity index (χ3v) is 2.44. The lowest BCUT2D eigenvalue weighted by molar-refractivity contribution is -0.107. The molecule has 0 atom stereocenters. The van der Waals surface area contributed by atoms with E-state index in [1.807, 2.05) is 13.0 Å². The Hall–Kier alpha value is -1.51. The van der Waals surface area contributed by atoms with Crippen molar-refractivity contribution in [1.82, 2.24) is 0 Å². The van der Waals surface area contributed by atoms with Crippen molar-refractivity contribution in [2.45, 2.75) is 19.8 Å². The highest BCUT2D eigenvalue weighted by Crippen LogP contribution is 2.34. The fraction of sp³-hybridized carbons (Fsp3) is 0.417. The molecule has 0 spiro atoms. The highest BCUT2D eigenvalue weighted by Gasteiger charge is 2.14. The molecule has 1 aliphatic heterocycles. The summed E-state index contributed by atoms with van der Waals surface area (Å²) in [5.74, 6) is 1.65. The molecule has 0 aliphatic carbocycles. The highest BCUT2D eigenvalue weighted by atomic mass is 16.6. The van der Waals surface area contributed by atoms with Crippen LogP contribution in [0.5, 0.6) is 11.5 Å². The van der Waals surface area contributed by atoms with Gasteiger partial charge in [0.05, 0.1) is 0 Å². The first kappa shape index (κ1) is 10.0. The fourth-order valence-electron chi connectivity index (χ4n) is 1.77. The van der Waals surface area contributed by atoms with Crippen molar-refractivity contribution in [2.24, 2.45) is 0 Å². The van der Waals surface area contributed by atoms with Crippen LogP contribution in [0.1, 0.15) is 17.5 Å². The molecule has 0 aromatic heterocycles. The van der Waals surface area contributed by atoms with E-state index in [-0.39, 0.29) is 0 Å². The van der Waals surface area contributed by atoms with Crippen LogP contribution >= 0.6 is 0 Å². The van der Waals surface area contributed by atoms with E-state index in [2.05, 4.69) is 6.07 Å². The molecule has 0 saturated carbocycles. The maximum Gasteiger partial charge on any atom is 0.164 e. The number of aryl methyl sites for hydroxylation is 2. The molecule has 0 unspecified atom stereocenters. The maximum absolute atomic E-state index is 10.3. The second-order valence-electron chi connectivity index (χ2n) is 3.64. The Kier molecular flexibility index (Phi) is 2.90. The maximum atomic E-state index is 10.3. The van der Waals surface area contributed by atoms with Gasteiger partial charge in [-0.2, -0.15) is 0 Å². The summed E-state index contributed by atoms with van der Waals surface area (Å²) in [5, 5.41) is 0. The molecule has 80 valence electrons. The molecule has 3 nitrogen and oxygen atoms in total. The topological polar surface area (TPSA) is 35.5 Å². The van der Waals surface area contributed by atoms with Crippen LogP contribution in [-0.4, -0.2) is 19.5 Å². The van der Waals surface area contributed by atoms with E-state index < -0.39 is 0 Å². The summed E-state index contributed by atoms with van der Waals surface area (Å²) >= 11 is 0. The molecule has 0 bridgehead atoms. The fourth-order valence-corrected chi connectivity index (χ4v) is 1.77. The van der Waals surface area contributed by atoms with Crippen LogP contribution in [0.3, 0.4) is 0 Å². The number of ether oxygens (including phenoxy) is 2. The lowest BCUT2D eigenvalue weighted by Gasteiger charge is -2.21. The third kappa shape index (κ3) is 2.12. The Balaban J connectivity index is 2.27. The van der Waals surface area contributed by atoms with E-state index in [0.29, 0.717) is 19.6 Å². The molecule has 0 fully saturated rings. The van der Waals surface area contributed by atoms with Crippen LogP contribution in [0, 0.1) is 6.92 Å². The normalized spacial score (nSPS) is 13.7. The smallest absolute Gasteiger partial charge is 0.164 e. The standard InChI is InChI=1S/C12H14O3/c1-9-7-10(3-2-4-13)8-11-12(9)15-6-5-14-11/h4,7-8H,2-3,5-6H2,1H3. The third-order valence-electron chi connectivity index (χ3n) is 2.44. The average Bonchev–Trinajstić information content (AvgIpc) is 2.26. The Morgan fingerprint density at radius 3 is 2.93 bits per heavy atom. The van der Waals surface area contributed by atoms with Gasteiger partial charge in [-0.25, -0.2) is 0 Å². The summed E-state index contributed by atoms with van der Waals surface area (Å²) in [4.78, 5) is 10.3. The summed E-state index contributed by atoms with van der Waals surface area (Å²) in [6.45, 7) is 3.21. The van der Waals surface area contributed by atoms with Gasteiger partial charge < -0.3 is 14.3 Å². The molecule has 15 heavy (non-hydrogen) atoms. The number of aldehydes is 1. The SMILES string of the molecule is Cc1cc(CCC=O)cc2c1OCCO2. The van der Waals surface area contributed by atoms with Gasteiger partial charge in [0.25, 0.3) is 0 Å². The Morgan fingerprint density at radius 2 is 2.13 bits per heavy atom. The summed E-state index contributed by atoms with van der Waals surface area (Å²) in [7, 11) is 0. The van der Waals surface area contributed by atoms with Gasteiger partial charge in [-0.15, -0.1) is 0 Å². The van der Waals surface area contributed by atoms with Gasteiger partial charge in [-0.3, -0.25) is 0 Å². The van der Waals surface area contributed by atoms with Crippen molar-refractivity contribution in [3.8, 4) is 11.5 Å². The summed E-state index contributed by atoms with van der Waals surface area (Å²) < 4.78 is 11.0. The molecule has 3 heteroatoms. The summed E-state index contributed by atoms with van der Waals surface area (Å²) in [5.41, 5.74) is 2.21. The second-order valence-corrected chi connectivity index (χ2v) is 3.64. The van der Waals surface area contributed by atoms with Crippen molar-refractivity contribution < 1.29 is 14.3 Å². The number of benzene rings is 1. The molecule has 1 aliphatic rings. The van der Waals surface area contributed by atoms with Crippen molar-refractivity contribution in [1.29, 1.82) is 0 Å². The Bertz CT molecular complexity index is 371. The lowest BCUT2D eigenvalue weighted by atomic mass is 10.1. The first-order valence-electron chi connectivity index (χ1n) is 5.14. The van der Waals surface area contributed by atoms with E-state index in [9.17, 15) is 4.79 Å². The predicted molar refractivity (Wildman–Crippen MR) is 56.6 cm³/mol. The van der Waals surface area contributed by atoms with Gasteiger partial charge in [0, 0.05) is 6.42 Å². The van der Waals surface area contributed by atoms with Crippen LogP contribution < -0.4 is 9.47 Å². The molecule has 1 aromatic carbocycles. The number of carbonyl (C=O) groups is 1. The zero-order chi connectivity index (χ0) is 10.7. The molecular formula is C12H14O3. The molecule has 0 amide bonds. The lowest BCUT2D eigenvalue weighted by Crippen LogP contribution is -2.16. The first-order chi connectivity index (χ1) is 7.31. The van der Waals surface area contributed by atoms with Crippen molar-refractivity contribution in [3.63, 3.8) is 0 Å². The Morgan fingerprint density at radius 1 is 1.33 bits per heavy atom. The number of carbonyl (C=O) groups excluding carboxylic acids is 1. The van der Waals surface area contributed by atoms with Gasteiger partial charge in [0.1, 0.15) is 19.5 Å². The number of fused-ring (bicyclic) bond motifs is 1. The molecule has 1 heterocycles. The summed E-state index contributed by atoms with van der Waals surface area (Å²) in [6, 6.07) is 4.02. The quantitative estimate of drug-likeness (QED) is 0.708. The highest BCUT2D eigenvalue weighted by molar-refractivity contribution is 5.53. The largest absolute Gasteiger partial charge is 0.486 e. The van der Waals surface area contributed by atoms with Crippen LogP contribution in [0.4, 0.5) is 0 Å². The van der Waals surface area contributed by atoms with E-state index >= 15 is 0 Å². The molecule has 0 radical (unpaired) electrons. The number of rotatable bonds is 3. The van der Waals surface area contributed by atoms with E-state index in [4.69, 9.17) is 9.47 Å². The zero-order valence-corrected chi connectivity index (χ0v) is 8.79. The molecule has 1 aromatic rings. The Labute approximate surface area is 89.0 Å². The van der Waals surface area contributed by atoms with Gasteiger partial charge in [-0.05, 0) is 30.5 Å². The van der Waals surface area contributed by atoms with Crippen molar-refractivity contribution >= 4 is 6.29 Å². The van der Waals surface area contributed by atoms with Crippen LogP contribution in [0.15, 0.2) is 12.1 Å². The van der Waals surface area contributed by atoms with Gasteiger partial charge in [-0.1, -0.05) is 6.07 Å². The monoisotopic (exact) mass is 206 g/mol. The number of hydrogen-bond acceptors (Lipinski definition) is 3. The number of hydrogen-bond donors (Lipinski definition) is 0. The molecule has 2 rings (SSSR count). The minimum absolute atomic E-state index is 0.555. The second kappa shape index (κ2) is 4.34. The zero-order valence-electron chi connectivity index (χ0n) is 8.79. The van der Waals surface area contributed by atoms with Gasteiger partial charge in [0.2, 0.25) is 0 Å². The van der Waals surface area contributed by atoms with Crippen molar-refractivity contribution in [3.05, 3.63) is 23.3 Å². The van der Waals surface area contributed by atoms with E-state index in [1.165, 1.54) is 0 Å². The molecular weight excluding hydrogens is 192 g/mol. The first-order valence-corrected chi connectivity index (χ1v) is 5.14. The minimum Gasteiger partial charge on any atom is -0.486 e. The van der Waals surface area contributed by atoms with Gasteiger partial charge in [0.15, 0.2) is 11.5 Å². The predicted octanol–water partition coefficient (Wildman–Crippen LogP) is 1.90. The van der Waals surface area contributed by atoms with E-state index in [1.54, 1.807) is 0 Å². The minimum atomic E-state index is 0.555. The summed E-state index contributed by atoms with van der Waals surface area (Å²) in [6.07, 6.45) is 2.26. The van der Waals surface area contributed by atoms with Crippen LogP contribution in [0.2, 0.25) is 0 Å². The molecule has 0 saturated heterocycles. The van der Waals surface area contributed by atoms with Crippen LogP contribution in [-0.2, 0) is 11.2 Å². The van der Waals surface area contributed by atoms with E-state index in [0.717, 1.165) is 35.3 Å². The van der Waals surface area contributed by atoms with Crippen molar-refractivity contribution in [2.75, 3.05) is 13.2 Å². The average molecular weight is 206 g/mol. The van der Waals surface area contributed by atoms with Crippen LogP contribution in [0.25, 0.3) is 0 Å².